The molecule has 110 valence electrons. The Morgan fingerprint density at radius 2 is 2.10 bits per heavy atom. The van der Waals surface area contributed by atoms with Crippen molar-refractivity contribution >= 4 is 25.6 Å². The lowest BCUT2D eigenvalue weighted by molar-refractivity contribution is -0.122. The molecular weight excluding hydrogens is 302 g/mol. The summed E-state index contributed by atoms with van der Waals surface area (Å²) in [5.41, 5.74) is 0.666. The highest BCUT2D eigenvalue weighted by Crippen LogP contribution is 2.32. The summed E-state index contributed by atoms with van der Waals surface area (Å²) in [6, 6.07) is 4.39. The zero-order valence-corrected chi connectivity index (χ0v) is 12.8. The molecule has 20 heavy (non-hydrogen) atoms. The maximum atomic E-state index is 11.7. The third-order valence-corrected chi connectivity index (χ3v) is 4.60. The summed E-state index contributed by atoms with van der Waals surface area (Å²) in [5.74, 6) is 0.292. The molecule has 0 aliphatic heterocycles. The van der Waals surface area contributed by atoms with Crippen LogP contribution in [0.5, 0.6) is 5.75 Å². The second-order valence-electron chi connectivity index (χ2n) is 4.85. The van der Waals surface area contributed by atoms with Gasteiger partial charge in [-0.2, -0.15) is 0 Å². The van der Waals surface area contributed by atoms with Gasteiger partial charge in [0.05, 0.1) is 13.2 Å². The first-order chi connectivity index (χ1) is 9.32. The van der Waals surface area contributed by atoms with E-state index in [0.717, 1.165) is 12.8 Å². The highest BCUT2D eigenvalue weighted by atomic mass is 35.7. The Labute approximate surface area is 122 Å². The quantitative estimate of drug-likeness (QED) is 0.845. The number of rotatable bonds is 5. The highest BCUT2D eigenvalue weighted by Gasteiger charge is 2.30. The standard InChI is InChI=1S/C13H16ClNO4S/c1-8(15-13(16)9-3-4-9)10-5-6-11(19-2)12(7-10)20(14,17)18/h5-9H,3-4H2,1-2H3,(H,15,16). The number of carbonyl (C=O) groups is 1. The van der Waals surface area contributed by atoms with Gasteiger partial charge in [-0.25, -0.2) is 8.42 Å². The van der Waals surface area contributed by atoms with Gasteiger partial charge in [-0.1, -0.05) is 6.07 Å². The molecule has 0 heterocycles. The monoisotopic (exact) mass is 317 g/mol. The summed E-state index contributed by atoms with van der Waals surface area (Å²) < 4.78 is 28.0. The number of hydrogen-bond donors (Lipinski definition) is 1. The Kier molecular flexibility index (Phi) is 4.25. The summed E-state index contributed by atoms with van der Waals surface area (Å²) in [6.45, 7) is 1.80. The summed E-state index contributed by atoms with van der Waals surface area (Å²) in [5, 5.41) is 2.86. The summed E-state index contributed by atoms with van der Waals surface area (Å²) in [7, 11) is 2.86. The second-order valence-corrected chi connectivity index (χ2v) is 7.39. The molecule has 1 atom stereocenters. The maximum Gasteiger partial charge on any atom is 0.264 e. The van der Waals surface area contributed by atoms with Crippen molar-refractivity contribution in [3.8, 4) is 5.75 Å². The lowest BCUT2D eigenvalue weighted by Gasteiger charge is -2.16. The van der Waals surface area contributed by atoms with Crippen molar-refractivity contribution in [2.75, 3.05) is 7.11 Å². The first-order valence-electron chi connectivity index (χ1n) is 6.26. The SMILES string of the molecule is COc1ccc(C(C)NC(=O)C2CC2)cc1S(=O)(=O)Cl. The van der Waals surface area contributed by atoms with Gasteiger partial charge < -0.3 is 10.1 Å². The smallest absolute Gasteiger partial charge is 0.264 e. The van der Waals surface area contributed by atoms with E-state index in [4.69, 9.17) is 15.4 Å². The van der Waals surface area contributed by atoms with Crippen LogP contribution in [-0.4, -0.2) is 21.4 Å². The second kappa shape index (κ2) is 5.61. The van der Waals surface area contributed by atoms with E-state index in [-0.39, 0.29) is 28.5 Å². The number of amides is 1. The average Bonchev–Trinajstić information content (AvgIpc) is 3.21. The highest BCUT2D eigenvalue weighted by molar-refractivity contribution is 8.13. The lowest BCUT2D eigenvalue weighted by atomic mass is 10.1. The van der Waals surface area contributed by atoms with Gasteiger partial charge in [0.15, 0.2) is 0 Å². The minimum atomic E-state index is -3.90. The third kappa shape index (κ3) is 3.43. The van der Waals surface area contributed by atoms with Gasteiger partial charge in [0.25, 0.3) is 9.05 Å². The minimum absolute atomic E-state index is 0.00333. The van der Waals surface area contributed by atoms with Crippen LogP contribution < -0.4 is 10.1 Å². The van der Waals surface area contributed by atoms with E-state index in [1.165, 1.54) is 19.2 Å². The van der Waals surface area contributed by atoms with E-state index in [0.29, 0.717) is 5.56 Å². The van der Waals surface area contributed by atoms with Crippen LogP contribution in [-0.2, 0) is 13.8 Å². The van der Waals surface area contributed by atoms with E-state index in [1.54, 1.807) is 13.0 Å². The van der Waals surface area contributed by atoms with Gasteiger partial charge in [-0.3, -0.25) is 4.79 Å². The molecule has 0 saturated heterocycles. The number of benzene rings is 1. The molecule has 1 aliphatic carbocycles. The Morgan fingerprint density at radius 3 is 2.60 bits per heavy atom. The molecule has 2 rings (SSSR count). The van der Waals surface area contributed by atoms with Crippen molar-refractivity contribution in [1.29, 1.82) is 0 Å². The van der Waals surface area contributed by atoms with Crippen LogP contribution in [0, 0.1) is 5.92 Å². The Balaban J connectivity index is 2.25. The van der Waals surface area contributed by atoms with Crippen molar-refractivity contribution in [3.05, 3.63) is 23.8 Å². The molecule has 0 aromatic heterocycles. The van der Waals surface area contributed by atoms with Crippen molar-refractivity contribution in [2.24, 2.45) is 5.92 Å². The number of hydrogen-bond acceptors (Lipinski definition) is 4. The van der Waals surface area contributed by atoms with Crippen molar-refractivity contribution in [1.82, 2.24) is 5.32 Å². The van der Waals surface area contributed by atoms with Crippen molar-refractivity contribution < 1.29 is 17.9 Å². The Morgan fingerprint density at radius 1 is 1.45 bits per heavy atom. The van der Waals surface area contributed by atoms with Gasteiger partial charge in [0, 0.05) is 16.6 Å². The van der Waals surface area contributed by atoms with Crippen molar-refractivity contribution in [2.45, 2.75) is 30.7 Å². The van der Waals surface area contributed by atoms with E-state index >= 15 is 0 Å². The van der Waals surface area contributed by atoms with Crippen LogP contribution in [0.3, 0.4) is 0 Å². The van der Waals surface area contributed by atoms with Crippen molar-refractivity contribution in [3.63, 3.8) is 0 Å². The molecule has 1 unspecified atom stereocenters. The Hall–Kier alpha value is -1.27. The molecule has 0 bridgehead atoms. The molecule has 1 N–H and O–H groups in total. The summed E-state index contributed by atoms with van der Waals surface area (Å²) in [6.07, 6.45) is 1.84. The predicted molar refractivity (Wildman–Crippen MR) is 75.3 cm³/mol. The number of halogens is 1. The molecule has 1 amide bonds. The molecular formula is C13H16ClNO4S. The summed E-state index contributed by atoms with van der Waals surface area (Å²) in [4.78, 5) is 11.6. The molecule has 1 fully saturated rings. The minimum Gasteiger partial charge on any atom is -0.495 e. The first kappa shape index (κ1) is 15.1. The van der Waals surface area contributed by atoms with Gasteiger partial charge in [0.1, 0.15) is 10.6 Å². The first-order valence-corrected chi connectivity index (χ1v) is 8.57. The molecule has 7 heteroatoms. The average molecular weight is 318 g/mol. The fourth-order valence-electron chi connectivity index (χ4n) is 1.91. The molecule has 1 saturated carbocycles. The molecule has 0 radical (unpaired) electrons. The number of carbonyl (C=O) groups excluding carboxylic acids is 1. The van der Waals surface area contributed by atoms with E-state index in [2.05, 4.69) is 5.32 Å². The van der Waals surface area contributed by atoms with E-state index in [1.807, 2.05) is 0 Å². The molecule has 1 aromatic carbocycles. The predicted octanol–water partition coefficient (Wildman–Crippen LogP) is 2.21. The van der Waals surface area contributed by atoms with Gasteiger partial charge in [0.2, 0.25) is 5.91 Å². The van der Waals surface area contributed by atoms with Gasteiger partial charge in [-0.15, -0.1) is 0 Å². The van der Waals surface area contributed by atoms with E-state index in [9.17, 15) is 13.2 Å². The molecule has 0 spiro atoms. The van der Waals surface area contributed by atoms with Crippen LogP contribution in [0.15, 0.2) is 23.1 Å². The van der Waals surface area contributed by atoms with Crippen LogP contribution in [0.25, 0.3) is 0 Å². The fraction of sp³-hybridized carbons (Fsp3) is 0.462. The normalized spacial score (nSPS) is 16.6. The molecule has 1 aliphatic rings. The number of nitrogens with one attached hydrogen (secondary N) is 1. The third-order valence-electron chi connectivity index (χ3n) is 3.26. The number of ether oxygens (including phenoxy) is 1. The van der Waals surface area contributed by atoms with Gasteiger partial charge >= 0.3 is 0 Å². The fourth-order valence-corrected chi connectivity index (χ4v) is 2.94. The molecule has 5 nitrogen and oxygen atoms in total. The van der Waals surface area contributed by atoms with Gasteiger partial charge in [-0.05, 0) is 37.5 Å². The maximum absolute atomic E-state index is 11.7. The molecule has 1 aromatic rings. The van der Waals surface area contributed by atoms with E-state index < -0.39 is 9.05 Å². The van der Waals surface area contributed by atoms with Crippen LogP contribution in [0.4, 0.5) is 0 Å². The largest absolute Gasteiger partial charge is 0.495 e. The zero-order chi connectivity index (χ0) is 14.9. The van der Waals surface area contributed by atoms with Crippen LogP contribution in [0.2, 0.25) is 0 Å². The zero-order valence-electron chi connectivity index (χ0n) is 11.2. The Bertz CT molecular complexity index is 625. The van der Waals surface area contributed by atoms with Crippen LogP contribution >= 0.6 is 10.7 Å². The number of methoxy groups -OCH3 is 1. The topological polar surface area (TPSA) is 72.5 Å². The van der Waals surface area contributed by atoms with Crippen LogP contribution in [0.1, 0.15) is 31.4 Å². The summed E-state index contributed by atoms with van der Waals surface area (Å²) >= 11 is 0. The lowest BCUT2D eigenvalue weighted by Crippen LogP contribution is -2.27.